The first-order chi connectivity index (χ1) is 14.5. The number of hydrogen-bond acceptors (Lipinski definition) is 6. The van der Waals surface area contributed by atoms with Crippen LogP contribution in [0.15, 0.2) is 42.5 Å². The highest BCUT2D eigenvalue weighted by molar-refractivity contribution is 6.14. The van der Waals surface area contributed by atoms with Crippen LogP contribution < -0.4 is 5.32 Å². The Labute approximate surface area is 173 Å². The maximum atomic E-state index is 13.3. The number of fused-ring (bicyclic) bond motifs is 2. The lowest BCUT2D eigenvalue weighted by molar-refractivity contribution is 0.0599. The van der Waals surface area contributed by atoms with Crippen molar-refractivity contribution in [1.82, 2.24) is 4.98 Å². The smallest absolute Gasteiger partial charge is 0.337 e. The van der Waals surface area contributed by atoms with E-state index in [1.54, 1.807) is 0 Å². The number of esters is 2. The molecule has 0 unspecified atom stereocenters. The van der Waals surface area contributed by atoms with E-state index in [2.05, 4.69) is 5.32 Å². The first-order valence-corrected chi connectivity index (χ1v) is 9.55. The van der Waals surface area contributed by atoms with Gasteiger partial charge in [-0.1, -0.05) is 18.2 Å². The lowest BCUT2D eigenvalue weighted by Gasteiger charge is -2.14. The molecule has 1 aliphatic carbocycles. The summed E-state index contributed by atoms with van der Waals surface area (Å²) < 4.78 is 9.51. The fourth-order valence-electron chi connectivity index (χ4n) is 3.84. The Morgan fingerprint density at radius 3 is 2.27 bits per heavy atom. The molecule has 1 heterocycles. The summed E-state index contributed by atoms with van der Waals surface area (Å²) in [6.07, 6.45) is 2.57. The molecule has 0 aliphatic heterocycles. The predicted octanol–water partition coefficient (Wildman–Crippen LogP) is 3.55. The second kappa shape index (κ2) is 7.94. The van der Waals surface area contributed by atoms with Crippen molar-refractivity contribution in [2.45, 2.75) is 19.3 Å². The van der Waals surface area contributed by atoms with E-state index in [9.17, 15) is 14.4 Å². The van der Waals surface area contributed by atoms with E-state index in [0.29, 0.717) is 11.3 Å². The Morgan fingerprint density at radius 2 is 1.60 bits per heavy atom. The second-order valence-electron chi connectivity index (χ2n) is 7.02. The van der Waals surface area contributed by atoms with Crippen LogP contribution in [0.5, 0.6) is 0 Å². The van der Waals surface area contributed by atoms with E-state index < -0.39 is 11.9 Å². The highest BCUT2D eigenvalue weighted by Gasteiger charge is 2.24. The molecule has 1 amide bonds. The van der Waals surface area contributed by atoms with Gasteiger partial charge in [0.1, 0.15) is 0 Å². The number of methoxy groups -OCH3 is 2. The molecule has 7 heteroatoms. The van der Waals surface area contributed by atoms with Crippen LogP contribution in [0.4, 0.5) is 5.69 Å². The molecule has 7 nitrogen and oxygen atoms in total. The number of para-hydroxylation sites is 1. The minimum atomic E-state index is -0.619. The lowest BCUT2D eigenvalue weighted by atomic mass is 10.00. The summed E-state index contributed by atoms with van der Waals surface area (Å²) in [5.74, 6) is -1.55. The Morgan fingerprint density at radius 1 is 0.933 bits per heavy atom. The molecule has 0 bridgehead atoms. The van der Waals surface area contributed by atoms with Crippen LogP contribution in [0.1, 0.15) is 48.8 Å². The number of aromatic nitrogens is 1. The van der Waals surface area contributed by atoms with Crippen LogP contribution >= 0.6 is 0 Å². The molecule has 0 saturated carbocycles. The van der Waals surface area contributed by atoms with Crippen molar-refractivity contribution in [3.8, 4) is 0 Å². The minimum absolute atomic E-state index is 0.139. The van der Waals surface area contributed by atoms with Crippen LogP contribution in [0, 0.1) is 0 Å². The predicted molar refractivity (Wildman–Crippen MR) is 111 cm³/mol. The van der Waals surface area contributed by atoms with Gasteiger partial charge in [-0.15, -0.1) is 0 Å². The van der Waals surface area contributed by atoms with Crippen LogP contribution in [-0.2, 0) is 22.3 Å². The van der Waals surface area contributed by atoms with Gasteiger partial charge in [0.05, 0.1) is 36.4 Å². The molecule has 0 fully saturated rings. The largest absolute Gasteiger partial charge is 0.465 e. The van der Waals surface area contributed by atoms with Crippen molar-refractivity contribution < 1.29 is 23.9 Å². The number of aryl methyl sites for hydroxylation is 1. The van der Waals surface area contributed by atoms with Gasteiger partial charge < -0.3 is 14.8 Å². The number of pyridine rings is 1. The number of carbonyl (C=O) groups is 3. The quantitative estimate of drug-likeness (QED) is 0.669. The van der Waals surface area contributed by atoms with Gasteiger partial charge in [-0.2, -0.15) is 0 Å². The average molecular weight is 404 g/mol. The van der Waals surface area contributed by atoms with E-state index in [-0.39, 0.29) is 17.0 Å². The van der Waals surface area contributed by atoms with Gasteiger partial charge in [0.15, 0.2) is 0 Å². The van der Waals surface area contributed by atoms with Gasteiger partial charge >= 0.3 is 11.9 Å². The van der Waals surface area contributed by atoms with E-state index in [4.69, 9.17) is 14.5 Å². The Balaban J connectivity index is 1.78. The standard InChI is InChI=1S/C23H20N2O5/c1-29-22(27)13-10-14(23(28)30-2)12-15(11-13)24-21(26)20-16-6-3-4-8-18(16)25-19-9-5-7-17(19)20/h3-4,6,8,10-12H,5,7,9H2,1-2H3,(H,24,26). The number of hydrogen-bond donors (Lipinski definition) is 1. The van der Waals surface area contributed by atoms with Crippen molar-refractivity contribution in [3.05, 3.63) is 70.4 Å². The molecule has 1 aliphatic rings. The van der Waals surface area contributed by atoms with Gasteiger partial charge in [0.2, 0.25) is 0 Å². The first kappa shape index (κ1) is 19.6. The number of ether oxygens (including phenoxy) is 2. The van der Waals surface area contributed by atoms with E-state index in [1.807, 2.05) is 24.3 Å². The number of benzene rings is 2. The molecule has 1 aromatic heterocycles. The van der Waals surface area contributed by atoms with E-state index >= 15 is 0 Å². The molecular formula is C23H20N2O5. The van der Waals surface area contributed by atoms with Gasteiger partial charge in [0, 0.05) is 16.8 Å². The summed E-state index contributed by atoms with van der Waals surface area (Å²) >= 11 is 0. The van der Waals surface area contributed by atoms with Gasteiger partial charge in [-0.05, 0) is 49.1 Å². The van der Waals surface area contributed by atoms with Crippen LogP contribution in [0.3, 0.4) is 0 Å². The molecule has 30 heavy (non-hydrogen) atoms. The molecule has 4 rings (SSSR count). The van der Waals surface area contributed by atoms with Crippen molar-refractivity contribution in [1.29, 1.82) is 0 Å². The van der Waals surface area contributed by atoms with Gasteiger partial charge in [-0.3, -0.25) is 9.78 Å². The zero-order chi connectivity index (χ0) is 21.3. The molecule has 0 spiro atoms. The summed E-state index contributed by atoms with van der Waals surface area (Å²) in [7, 11) is 2.50. The summed E-state index contributed by atoms with van der Waals surface area (Å²) in [6.45, 7) is 0. The highest BCUT2D eigenvalue weighted by atomic mass is 16.5. The topological polar surface area (TPSA) is 94.6 Å². The Kier molecular flexibility index (Phi) is 5.18. The monoisotopic (exact) mass is 404 g/mol. The maximum absolute atomic E-state index is 13.3. The van der Waals surface area contributed by atoms with E-state index in [0.717, 1.165) is 41.4 Å². The van der Waals surface area contributed by atoms with Gasteiger partial charge in [-0.25, -0.2) is 9.59 Å². The number of nitrogens with one attached hydrogen (secondary N) is 1. The van der Waals surface area contributed by atoms with Crippen molar-refractivity contribution in [2.75, 3.05) is 19.5 Å². The number of amides is 1. The number of anilines is 1. The fraction of sp³-hybridized carbons (Fsp3) is 0.217. The second-order valence-corrected chi connectivity index (χ2v) is 7.02. The third kappa shape index (κ3) is 3.50. The Hall–Kier alpha value is -3.74. The zero-order valence-electron chi connectivity index (χ0n) is 16.7. The molecule has 3 aromatic rings. The number of rotatable bonds is 4. The maximum Gasteiger partial charge on any atom is 0.337 e. The molecule has 2 aromatic carbocycles. The third-order valence-corrected chi connectivity index (χ3v) is 5.18. The average Bonchev–Trinajstić information content (AvgIpc) is 3.23. The Bertz CT molecular complexity index is 1150. The molecule has 0 radical (unpaired) electrons. The van der Waals surface area contributed by atoms with E-state index in [1.165, 1.54) is 32.4 Å². The third-order valence-electron chi connectivity index (χ3n) is 5.18. The normalized spacial score (nSPS) is 12.3. The molecule has 0 atom stereocenters. The lowest BCUT2D eigenvalue weighted by Crippen LogP contribution is -2.17. The van der Waals surface area contributed by atoms with Crippen LogP contribution in [0.2, 0.25) is 0 Å². The molecule has 1 N–H and O–H groups in total. The number of nitrogens with zero attached hydrogens (tertiary/aromatic N) is 1. The van der Waals surface area contributed by atoms with Crippen molar-refractivity contribution in [2.24, 2.45) is 0 Å². The summed E-state index contributed by atoms with van der Waals surface area (Å²) in [5, 5.41) is 3.61. The first-order valence-electron chi connectivity index (χ1n) is 9.55. The molecular weight excluding hydrogens is 384 g/mol. The fourth-order valence-corrected chi connectivity index (χ4v) is 3.84. The van der Waals surface area contributed by atoms with Crippen molar-refractivity contribution >= 4 is 34.4 Å². The molecule has 0 saturated heterocycles. The van der Waals surface area contributed by atoms with Crippen LogP contribution in [0.25, 0.3) is 10.9 Å². The van der Waals surface area contributed by atoms with Crippen molar-refractivity contribution in [3.63, 3.8) is 0 Å². The SMILES string of the molecule is COC(=O)c1cc(NC(=O)c2c3c(nc4ccccc24)CCC3)cc(C(=O)OC)c1. The number of carbonyl (C=O) groups excluding carboxylic acids is 3. The zero-order valence-corrected chi connectivity index (χ0v) is 16.7. The summed E-state index contributed by atoms with van der Waals surface area (Å²) in [6, 6.07) is 11.8. The minimum Gasteiger partial charge on any atom is -0.465 e. The van der Waals surface area contributed by atoms with Gasteiger partial charge in [0.25, 0.3) is 5.91 Å². The summed E-state index contributed by atoms with van der Waals surface area (Å²) in [4.78, 5) is 42.1. The highest BCUT2D eigenvalue weighted by Crippen LogP contribution is 2.30. The molecule has 152 valence electrons. The summed E-state index contributed by atoms with van der Waals surface area (Å²) in [5.41, 5.74) is 3.82. The van der Waals surface area contributed by atoms with Crippen LogP contribution in [-0.4, -0.2) is 37.0 Å².